The molecule has 0 saturated heterocycles. The van der Waals surface area contributed by atoms with E-state index < -0.39 is 35.6 Å². The predicted octanol–water partition coefficient (Wildman–Crippen LogP) is 1.30. The summed E-state index contributed by atoms with van der Waals surface area (Å²) in [6.07, 6.45) is 0.0143. The summed E-state index contributed by atoms with van der Waals surface area (Å²) in [4.78, 5) is 35.2. The van der Waals surface area contributed by atoms with Gasteiger partial charge in [0.1, 0.15) is 11.9 Å². The minimum Gasteiger partial charge on any atom is -0.469 e. The summed E-state index contributed by atoms with van der Waals surface area (Å²) in [5.74, 6) is -3.01. The van der Waals surface area contributed by atoms with E-state index in [0.717, 1.165) is 6.07 Å². The van der Waals surface area contributed by atoms with Crippen LogP contribution >= 0.6 is 0 Å². The maximum absolute atomic E-state index is 13.1. The van der Waals surface area contributed by atoms with Gasteiger partial charge in [0.05, 0.1) is 20.1 Å². The van der Waals surface area contributed by atoms with Gasteiger partial charge in [0, 0.05) is 5.56 Å². The molecule has 7 heteroatoms. The summed E-state index contributed by atoms with van der Waals surface area (Å²) in [5, 5.41) is 2.43. The van der Waals surface area contributed by atoms with E-state index >= 15 is 0 Å². The Balaban J connectivity index is 2.83. The number of amides is 1. The number of methoxy groups -OCH3 is 2. The van der Waals surface area contributed by atoms with Crippen LogP contribution in [0.4, 0.5) is 4.39 Å². The van der Waals surface area contributed by atoms with E-state index in [-0.39, 0.29) is 12.0 Å². The first-order valence-corrected chi connectivity index (χ1v) is 6.61. The molecule has 1 aromatic rings. The molecule has 1 amide bonds. The lowest BCUT2D eigenvalue weighted by atomic mass is 10.0. The zero-order valence-corrected chi connectivity index (χ0v) is 12.6. The Kier molecular flexibility index (Phi) is 6.49. The molecule has 0 saturated carbocycles. The third kappa shape index (κ3) is 4.83. The van der Waals surface area contributed by atoms with Gasteiger partial charge in [-0.3, -0.25) is 9.59 Å². The summed E-state index contributed by atoms with van der Waals surface area (Å²) >= 11 is 0. The van der Waals surface area contributed by atoms with Gasteiger partial charge in [0.25, 0.3) is 5.91 Å². The van der Waals surface area contributed by atoms with Crippen LogP contribution in [0.1, 0.15) is 23.7 Å². The first-order chi connectivity index (χ1) is 10.4. The fourth-order valence-corrected chi connectivity index (χ4v) is 1.88. The highest BCUT2D eigenvalue weighted by Crippen LogP contribution is 2.11. The predicted molar refractivity (Wildman–Crippen MR) is 75.5 cm³/mol. The Morgan fingerprint density at radius 3 is 2.36 bits per heavy atom. The minimum absolute atomic E-state index is 0.0143. The van der Waals surface area contributed by atoms with Crippen LogP contribution in [0.15, 0.2) is 24.3 Å². The third-order valence-electron chi connectivity index (χ3n) is 3.07. The van der Waals surface area contributed by atoms with Crippen LogP contribution in [0.2, 0.25) is 0 Å². The van der Waals surface area contributed by atoms with Crippen molar-refractivity contribution in [3.63, 3.8) is 0 Å². The van der Waals surface area contributed by atoms with Crippen LogP contribution in [0.25, 0.3) is 0 Å². The standard InChI is InChI=1S/C15H18FNO5/c1-9(14(19)21-2)7-12(15(20)22-3)17-13(18)10-5-4-6-11(16)8-10/h4-6,8-9,12H,7H2,1-3H3,(H,17,18)/t9-,12+/m1/s1. The molecule has 120 valence electrons. The van der Waals surface area contributed by atoms with E-state index in [1.807, 2.05) is 0 Å². The average Bonchev–Trinajstić information content (AvgIpc) is 2.52. The lowest BCUT2D eigenvalue weighted by Gasteiger charge is -2.19. The Labute approximate surface area is 127 Å². The number of ether oxygens (including phenoxy) is 2. The molecule has 0 spiro atoms. The SMILES string of the molecule is COC(=O)[C@H](C)C[C@H](NC(=O)c1cccc(F)c1)C(=O)OC. The normalized spacial score (nSPS) is 12.9. The number of carbonyl (C=O) groups excluding carboxylic acids is 3. The molecule has 0 unspecified atom stereocenters. The van der Waals surface area contributed by atoms with E-state index in [4.69, 9.17) is 0 Å². The highest BCUT2D eigenvalue weighted by molar-refractivity contribution is 5.96. The lowest BCUT2D eigenvalue weighted by Crippen LogP contribution is -2.43. The molecule has 2 atom stereocenters. The minimum atomic E-state index is -1.03. The number of carbonyl (C=O) groups is 3. The van der Waals surface area contributed by atoms with E-state index in [1.54, 1.807) is 6.92 Å². The molecule has 0 heterocycles. The maximum atomic E-state index is 13.1. The molecule has 6 nitrogen and oxygen atoms in total. The molecule has 0 bridgehead atoms. The van der Waals surface area contributed by atoms with Crippen LogP contribution < -0.4 is 5.32 Å². The summed E-state index contributed by atoms with van der Waals surface area (Å²) in [5.41, 5.74) is 0.0691. The number of hydrogen-bond acceptors (Lipinski definition) is 5. The van der Waals surface area contributed by atoms with Crippen molar-refractivity contribution in [1.29, 1.82) is 0 Å². The molecule has 0 aliphatic rings. The number of esters is 2. The van der Waals surface area contributed by atoms with E-state index in [0.29, 0.717) is 0 Å². The van der Waals surface area contributed by atoms with Gasteiger partial charge in [0.15, 0.2) is 0 Å². The van der Waals surface area contributed by atoms with Crippen molar-refractivity contribution in [2.24, 2.45) is 5.92 Å². The zero-order chi connectivity index (χ0) is 16.7. The highest BCUT2D eigenvalue weighted by Gasteiger charge is 2.27. The first-order valence-electron chi connectivity index (χ1n) is 6.61. The van der Waals surface area contributed by atoms with Crippen molar-refractivity contribution < 1.29 is 28.2 Å². The molecule has 0 aliphatic carbocycles. The van der Waals surface area contributed by atoms with Crippen molar-refractivity contribution in [2.45, 2.75) is 19.4 Å². The van der Waals surface area contributed by atoms with Gasteiger partial charge >= 0.3 is 11.9 Å². The maximum Gasteiger partial charge on any atom is 0.328 e. The monoisotopic (exact) mass is 311 g/mol. The van der Waals surface area contributed by atoms with Gasteiger partial charge in [-0.25, -0.2) is 9.18 Å². The Morgan fingerprint density at radius 1 is 1.18 bits per heavy atom. The van der Waals surface area contributed by atoms with Crippen molar-refractivity contribution >= 4 is 17.8 Å². The smallest absolute Gasteiger partial charge is 0.328 e. The molecular weight excluding hydrogens is 293 g/mol. The van der Waals surface area contributed by atoms with Crippen LogP contribution in [0.5, 0.6) is 0 Å². The van der Waals surface area contributed by atoms with Crippen LogP contribution in [-0.4, -0.2) is 38.1 Å². The number of nitrogens with one attached hydrogen (secondary N) is 1. The summed E-state index contributed by atoms with van der Waals surface area (Å²) < 4.78 is 22.3. The lowest BCUT2D eigenvalue weighted by molar-refractivity contribution is -0.147. The van der Waals surface area contributed by atoms with Crippen LogP contribution in [-0.2, 0) is 19.1 Å². The average molecular weight is 311 g/mol. The van der Waals surface area contributed by atoms with E-state index in [9.17, 15) is 18.8 Å². The Morgan fingerprint density at radius 2 is 1.82 bits per heavy atom. The summed E-state index contributed by atoms with van der Waals surface area (Å²) in [7, 11) is 2.41. The Bertz CT molecular complexity index is 561. The molecule has 1 aromatic carbocycles. The topological polar surface area (TPSA) is 81.7 Å². The largest absolute Gasteiger partial charge is 0.469 e. The third-order valence-corrected chi connectivity index (χ3v) is 3.07. The molecule has 0 radical (unpaired) electrons. The van der Waals surface area contributed by atoms with E-state index in [2.05, 4.69) is 14.8 Å². The van der Waals surface area contributed by atoms with Gasteiger partial charge in [-0.15, -0.1) is 0 Å². The second kappa shape index (κ2) is 8.11. The molecule has 0 aromatic heterocycles. The molecule has 0 fully saturated rings. The van der Waals surface area contributed by atoms with Gasteiger partial charge in [0.2, 0.25) is 0 Å². The number of rotatable bonds is 6. The molecule has 1 N–H and O–H groups in total. The molecule has 1 rings (SSSR count). The fraction of sp³-hybridized carbons (Fsp3) is 0.400. The second-order valence-electron chi connectivity index (χ2n) is 4.72. The summed E-state index contributed by atoms with van der Waals surface area (Å²) in [6, 6.07) is 4.02. The first kappa shape index (κ1) is 17.6. The van der Waals surface area contributed by atoms with Gasteiger partial charge < -0.3 is 14.8 Å². The fourth-order valence-electron chi connectivity index (χ4n) is 1.88. The van der Waals surface area contributed by atoms with Gasteiger partial charge in [-0.05, 0) is 24.6 Å². The molecule has 22 heavy (non-hydrogen) atoms. The van der Waals surface area contributed by atoms with Crippen molar-refractivity contribution in [1.82, 2.24) is 5.32 Å². The zero-order valence-electron chi connectivity index (χ0n) is 12.6. The van der Waals surface area contributed by atoms with Crippen molar-refractivity contribution in [3.05, 3.63) is 35.6 Å². The molecule has 0 aliphatic heterocycles. The van der Waals surface area contributed by atoms with Gasteiger partial charge in [-0.2, -0.15) is 0 Å². The Hall–Kier alpha value is -2.44. The number of benzene rings is 1. The van der Waals surface area contributed by atoms with Gasteiger partial charge in [-0.1, -0.05) is 13.0 Å². The van der Waals surface area contributed by atoms with Crippen molar-refractivity contribution in [3.8, 4) is 0 Å². The quantitative estimate of drug-likeness (QED) is 0.801. The van der Waals surface area contributed by atoms with E-state index in [1.165, 1.54) is 32.4 Å². The summed E-state index contributed by atoms with van der Waals surface area (Å²) in [6.45, 7) is 1.57. The van der Waals surface area contributed by atoms with Crippen molar-refractivity contribution in [2.75, 3.05) is 14.2 Å². The number of halogens is 1. The highest BCUT2D eigenvalue weighted by atomic mass is 19.1. The van der Waals surface area contributed by atoms with Crippen LogP contribution in [0, 0.1) is 11.7 Å². The number of hydrogen-bond donors (Lipinski definition) is 1. The van der Waals surface area contributed by atoms with Crippen LogP contribution in [0.3, 0.4) is 0 Å². The molecular formula is C15H18FNO5. The second-order valence-corrected chi connectivity index (χ2v) is 4.72.